The molecular weight excluding hydrogens is 558 g/mol. The number of benzene rings is 4. The Morgan fingerprint density at radius 2 is 1.51 bits per heavy atom. The minimum Gasteiger partial charge on any atom is -0.321 e. The van der Waals surface area contributed by atoms with Gasteiger partial charge in [0, 0.05) is 22.6 Å². The molecule has 0 spiro atoms. The normalized spacial score (nSPS) is 15.0. The summed E-state index contributed by atoms with van der Waals surface area (Å²) in [6.07, 6.45) is 1.75. The first-order chi connectivity index (χ1) is 20.7. The quantitative estimate of drug-likeness (QED) is 0.182. The average Bonchev–Trinajstić information content (AvgIpc) is 3.26. The van der Waals surface area contributed by atoms with E-state index >= 15 is 0 Å². The summed E-state index contributed by atoms with van der Waals surface area (Å²) < 4.78 is 0. The summed E-state index contributed by atoms with van der Waals surface area (Å²) in [5.74, 6) is -1.32. The van der Waals surface area contributed by atoms with Crippen LogP contribution in [0.4, 0.5) is 11.4 Å². The third-order valence-corrected chi connectivity index (χ3v) is 8.24. The number of carbonyl (C=O) groups is 4. The standard InChI is InChI=1S/C35H31N3O4S/c1-22-9-7-12-25(19-22)20-29(37-33(40)26-13-5-4-6-14-26)34(41)36-27-15-17-28(18-16-27)43-30-21-31(39)38(35(30)42)32-23(2)10-8-11-24(32)3/h4-20,30H,21H2,1-3H3,(H,36,41)(H,37,40)/b29-20-. The molecule has 0 aliphatic carbocycles. The number of imide groups is 1. The van der Waals surface area contributed by atoms with E-state index in [1.807, 2.05) is 69.3 Å². The van der Waals surface area contributed by atoms with Crippen LogP contribution in [0.1, 0.15) is 39.0 Å². The summed E-state index contributed by atoms with van der Waals surface area (Å²) in [6, 6.07) is 29.1. The third-order valence-electron chi connectivity index (χ3n) is 7.04. The fraction of sp³-hybridized carbons (Fsp3) is 0.143. The fourth-order valence-electron chi connectivity index (χ4n) is 4.94. The van der Waals surface area contributed by atoms with Gasteiger partial charge >= 0.3 is 0 Å². The molecule has 0 bridgehead atoms. The first kappa shape index (κ1) is 29.5. The van der Waals surface area contributed by atoms with Crippen molar-refractivity contribution in [3.05, 3.63) is 131 Å². The molecular formula is C35H31N3O4S. The van der Waals surface area contributed by atoms with Crippen LogP contribution in [0.2, 0.25) is 0 Å². The number of para-hydroxylation sites is 1. The lowest BCUT2D eigenvalue weighted by molar-refractivity contribution is -0.121. The highest BCUT2D eigenvalue weighted by Gasteiger charge is 2.41. The predicted molar refractivity (Wildman–Crippen MR) is 171 cm³/mol. The van der Waals surface area contributed by atoms with E-state index in [2.05, 4.69) is 10.6 Å². The van der Waals surface area contributed by atoms with Gasteiger partial charge in [0.15, 0.2) is 0 Å². The predicted octanol–water partition coefficient (Wildman–Crippen LogP) is 6.45. The van der Waals surface area contributed by atoms with Gasteiger partial charge in [0.25, 0.3) is 11.8 Å². The van der Waals surface area contributed by atoms with E-state index in [0.717, 1.165) is 27.1 Å². The largest absolute Gasteiger partial charge is 0.321 e. The zero-order valence-electron chi connectivity index (χ0n) is 24.1. The minimum atomic E-state index is -0.538. The Morgan fingerprint density at radius 1 is 0.837 bits per heavy atom. The van der Waals surface area contributed by atoms with E-state index in [0.29, 0.717) is 16.9 Å². The van der Waals surface area contributed by atoms with Crippen LogP contribution in [0.5, 0.6) is 0 Å². The smallest absolute Gasteiger partial charge is 0.272 e. The van der Waals surface area contributed by atoms with Crippen LogP contribution in [0, 0.1) is 20.8 Å². The Morgan fingerprint density at radius 3 is 2.19 bits per heavy atom. The molecule has 0 saturated carbocycles. The SMILES string of the molecule is Cc1cccc(/C=C(\NC(=O)c2ccccc2)C(=O)Nc2ccc(SC3CC(=O)N(c4c(C)cccc4C)C3=O)cc2)c1. The van der Waals surface area contributed by atoms with E-state index in [1.165, 1.54) is 16.7 Å². The highest BCUT2D eigenvalue weighted by atomic mass is 32.2. The van der Waals surface area contributed by atoms with Crippen LogP contribution in [0.25, 0.3) is 6.08 Å². The van der Waals surface area contributed by atoms with Crippen LogP contribution in [0.15, 0.2) is 108 Å². The van der Waals surface area contributed by atoms with Gasteiger partial charge in [-0.15, -0.1) is 11.8 Å². The molecule has 216 valence electrons. The van der Waals surface area contributed by atoms with Gasteiger partial charge in [-0.25, -0.2) is 4.90 Å². The Kier molecular flexibility index (Phi) is 8.87. The number of thioether (sulfide) groups is 1. The fourth-order valence-corrected chi connectivity index (χ4v) is 5.99. The highest BCUT2D eigenvalue weighted by molar-refractivity contribution is 8.00. The summed E-state index contributed by atoms with van der Waals surface area (Å²) in [5.41, 5.74) is 5.26. The maximum Gasteiger partial charge on any atom is 0.272 e. The molecule has 1 unspecified atom stereocenters. The number of hydrogen-bond acceptors (Lipinski definition) is 5. The number of aryl methyl sites for hydroxylation is 3. The van der Waals surface area contributed by atoms with Crippen molar-refractivity contribution in [3.63, 3.8) is 0 Å². The van der Waals surface area contributed by atoms with Gasteiger partial charge in [-0.1, -0.05) is 66.2 Å². The van der Waals surface area contributed by atoms with Crippen molar-refractivity contribution in [1.29, 1.82) is 0 Å². The first-order valence-corrected chi connectivity index (χ1v) is 14.7. The molecule has 1 saturated heterocycles. The summed E-state index contributed by atoms with van der Waals surface area (Å²) in [4.78, 5) is 54.5. The van der Waals surface area contributed by atoms with Crippen molar-refractivity contribution in [2.24, 2.45) is 0 Å². The van der Waals surface area contributed by atoms with Crippen molar-refractivity contribution < 1.29 is 19.2 Å². The van der Waals surface area contributed by atoms with Crippen LogP contribution in [0.3, 0.4) is 0 Å². The second-order valence-corrected chi connectivity index (χ2v) is 11.7. The number of rotatable bonds is 8. The zero-order chi connectivity index (χ0) is 30.5. The van der Waals surface area contributed by atoms with E-state index in [9.17, 15) is 19.2 Å². The van der Waals surface area contributed by atoms with Gasteiger partial charge in [0.2, 0.25) is 11.8 Å². The van der Waals surface area contributed by atoms with Gasteiger partial charge in [-0.05, 0) is 79.9 Å². The average molecular weight is 590 g/mol. The van der Waals surface area contributed by atoms with Crippen LogP contribution in [-0.2, 0) is 14.4 Å². The third kappa shape index (κ3) is 6.93. The van der Waals surface area contributed by atoms with Crippen molar-refractivity contribution in [2.45, 2.75) is 37.3 Å². The van der Waals surface area contributed by atoms with Crippen molar-refractivity contribution in [3.8, 4) is 0 Å². The molecule has 1 fully saturated rings. The monoisotopic (exact) mass is 589 g/mol. The van der Waals surface area contributed by atoms with E-state index in [4.69, 9.17) is 0 Å². The summed E-state index contributed by atoms with van der Waals surface area (Å²) in [7, 11) is 0. The highest BCUT2D eigenvalue weighted by Crippen LogP contribution is 2.36. The number of amides is 4. The Balaban J connectivity index is 1.29. The molecule has 8 heteroatoms. The number of anilines is 2. The molecule has 7 nitrogen and oxygen atoms in total. The lowest BCUT2D eigenvalue weighted by Gasteiger charge is -2.19. The van der Waals surface area contributed by atoms with Gasteiger partial charge in [-0.3, -0.25) is 19.2 Å². The Labute approximate surface area is 255 Å². The van der Waals surface area contributed by atoms with Crippen LogP contribution < -0.4 is 15.5 Å². The number of hydrogen-bond donors (Lipinski definition) is 2. The summed E-state index contributed by atoms with van der Waals surface area (Å²) in [6.45, 7) is 5.74. The lowest BCUT2D eigenvalue weighted by atomic mass is 10.1. The maximum atomic E-state index is 13.4. The zero-order valence-corrected chi connectivity index (χ0v) is 24.9. The maximum absolute atomic E-state index is 13.4. The van der Waals surface area contributed by atoms with Crippen molar-refractivity contribution in [1.82, 2.24) is 5.32 Å². The van der Waals surface area contributed by atoms with Crippen LogP contribution in [-0.4, -0.2) is 28.9 Å². The first-order valence-electron chi connectivity index (χ1n) is 13.9. The molecule has 43 heavy (non-hydrogen) atoms. The molecule has 0 aromatic heterocycles. The molecule has 5 rings (SSSR count). The molecule has 1 aliphatic rings. The second kappa shape index (κ2) is 12.9. The number of carbonyl (C=O) groups excluding carboxylic acids is 4. The lowest BCUT2D eigenvalue weighted by Crippen LogP contribution is -2.32. The molecule has 0 radical (unpaired) electrons. The van der Waals surface area contributed by atoms with Crippen LogP contribution >= 0.6 is 11.8 Å². The topological polar surface area (TPSA) is 95.6 Å². The Hall–Kier alpha value is -4.95. The molecule has 2 N–H and O–H groups in total. The molecule has 4 aromatic rings. The summed E-state index contributed by atoms with van der Waals surface area (Å²) >= 11 is 1.32. The minimum absolute atomic E-state index is 0.0968. The van der Waals surface area contributed by atoms with Gasteiger partial charge in [0.05, 0.1) is 10.9 Å². The van der Waals surface area contributed by atoms with Gasteiger partial charge in [0.1, 0.15) is 5.70 Å². The molecule has 4 aromatic carbocycles. The van der Waals surface area contributed by atoms with E-state index in [-0.39, 0.29) is 23.9 Å². The van der Waals surface area contributed by atoms with Gasteiger partial charge < -0.3 is 10.6 Å². The van der Waals surface area contributed by atoms with Gasteiger partial charge in [-0.2, -0.15) is 0 Å². The number of nitrogens with zero attached hydrogens (tertiary/aromatic N) is 1. The Bertz CT molecular complexity index is 1710. The van der Waals surface area contributed by atoms with E-state index in [1.54, 1.807) is 54.6 Å². The van der Waals surface area contributed by atoms with Crippen molar-refractivity contribution >= 4 is 52.8 Å². The second-order valence-electron chi connectivity index (χ2n) is 10.4. The molecule has 1 aliphatic heterocycles. The van der Waals surface area contributed by atoms with Crippen molar-refractivity contribution in [2.75, 3.05) is 10.2 Å². The molecule has 1 atom stereocenters. The van der Waals surface area contributed by atoms with E-state index < -0.39 is 17.1 Å². The number of nitrogens with one attached hydrogen (secondary N) is 2. The summed E-state index contributed by atoms with van der Waals surface area (Å²) in [5, 5.41) is 5.06. The molecule has 4 amide bonds. The molecule has 1 heterocycles.